The Balaban J connectivity index is 1.15. The summed E-state index contributed by atoms with van der Waals surface area (Å²) < 4.78 is 3.75. The Labute approximate surface area is 291 Å². The average molecular weight is 687 g/mol. The predicted molar refractivity (Wildman–Crippen MR) is 189 cm³/mol. The second-order valence-electron chi connectivity index (χ2n) is 13.0. The number of carboxylic acids is 1. The zero-order chi connectivity index (χ0) is 34.8. The van der Waals surface area contributed by atoms with Gasteiger partial charge in [-0.3, -0.25) is 19.3 Å². The van der Waals surface area contributed by atoms with E-state index in [0.29, 0.717) is 47.6 Å². The van der Waals surface area contributed by atoms with Crippen LogP contribution in [0.25, 0.3) is 11.1 Å². The van der Waals surface area contributed by atoms with E-state index in [1.54, 1.807) is 6.07 Å². The van der Waals surface area contributed by atoms with Gasteiger partial charge in [0.1, 0.15) is 0 Å². The quantitative estimate of drug-likeness (QED) is 0.181. The molecule has 4 heterocycles. The maximum atomic E-state index is 13.6. The SMILES string of the molecule is Cc1c(NC(=O)c2nc3c(n2C)CCN(CCCCCC(=O)O)C3)cccc1-c1cccc(NC(=O)c2nc3c(n2C)CCN(C)C3)c1Cl. The molecule has 2 amide bonds. The van der Waals surface area contributed by atoms with Gasteiger partial charge in [0.25, 0.3) is 11.8 Å². The van der Waals surface area contributed by atoms with Gasteiger partial charge in [-0.15, -0.1) is 0 Å². The summed E-state index contributed by atoms with van der Waals surface area (Å²) in [5, 5.41) is 15.3. The van der Waals surface area contributed by atoms with Crippen molar-refractivity contribution < 1.29 is 19.5 Å². The molecular formula is C36H43ClN8O4. The topological polar surface area (TPSA) is 138 Å². The first-order chi connectivity index (χ1) is 23.5. The smallest absolute Gasteiger partial charge is 0.303 e. The van der Waals surface area contributed by atoms with Crippen molar-refractivity contribution >= 4 is 40.8 Å². The molecule has 2 aliphatic rings. The van der Waals surface area contributed by atoms with Crippen LogP contribution in [-0.4, -0.2) is 78.5 Å². The Hall–Kier alpha value is -4.52. The minimum Gasteiger partial charge on any atom is -0.481 e. The number of rotatable bonds is 11. The molecule has 0 radical (unpaired) electrons. The molecule has 0 spiro atoms. The molecule has 12 nitrogen and oxygen atoms in total. The van der Waals surface area contributed by atoms with Crippen LogP contribution in [0.1, 0.15) is 75.3 Å². The van der Waals surface area contributed by atoms with Crippen LogP contribution in [0.5, 0.6) is 0 Å². The monoisotopic (exact) mass is 686 g/mol. The summed E-state index contributed by atoms with van der Waals surface area (Å²) in [6, 6.07) is 11.2. The van der Waals surface area contributed by atoms with Gasteiger partial charge in [-0.1, -0.05) is 42.3 Å². The largest absolute Gasteiger partial charge is 0.481 e. The third-order valence-corrected chi connectivity index (χ3v) is 10.1. The number of anilines is 2. The van der Waals surface area contributed by atoms with Gasteiger partial charge in [0.05, 0.1) is 22.1 Å². The van der Waals surface area contributed by atoms with Crippen molar-refractivity contribution in [3.05, 3.63) is 81.4 Å². The van der Waals surface area contributed by atoms with Crippen LogP contribution in [0.4, 0.5) is 11.4 Å². The number of nitrogens with one attached hydrogen (secondary N) is 2. The fraction of sp³-hybridized carbons (Fsp3) is 0.417. The number of halogens is 1. The van der Waals surface area contributed by atoms with E-state index in [1.165, 1.54) is 0 Å². The fourth-order valence-electron chi connectivity index (χ4n) is 6.88. The molecule has 258 valence electrons. The number of carbonyl (C=O) groups excluding carboxylic acids is 2. The minimum atomic E-state index is -0.754. The van der Waals surface area contributed by atoms with Crippen molar-refractivity contribution in [2.75, 3.05) is 37.3 Å². The summed E-state index contributed by atoms with van der Waals surface area (Å²) in [6.07, 6.45) is 4.32. The Morgan fingerprint density at radius 3 is 2.06 bits per heavy atom. The number of benzene rings is 2. The van der Waals surface area contributed by atoms with Crippen molar-refractivity contribution in [2.24, 2.45) is 14.1 Å². The Morgan fingerprint density at radius 2 is 1.39 bits per heavy atom. The molecule has 0 unspecified atom stereocenters. The number of likely N-dealkylation sites (N-methyl/N-ethyl adjacent to an activating group) is 1. The molecule has 2 aliphatic heterocycles. The van der Waals surface area contributed by atoms with E-state index in [-0.39, 0.29) is 18.2 Å². The second kappa shape index (κ2) is 14.5. The first kappa shape index (κ1) is 34.3. The number of carboxylic acid groups (broad SMARTS) is 1. The lowest BCUT2D eigenvalue weighted by atomic mass is 9.98. The van der Waals surface area contributed by atoms with Crippen molar-refractivity contribution in [1.29, 1.82) is 0 Å². The molecule has 6 rings (SSSR count). The lowest BCUT2D eigenvalue weighted by molar-refractivity contribution is -0.137. The number of imidazole rings is 2. The third kappa shape index (κ3) is 7.26. The summed E-state index contributed by atoms with van der Waals surface area (Å²) in [4.78, 5) is 51.6. The van der Waals surface area contributed by atoms with Gasteiger partial charge in [0.15, 0.2) is 11.6 Å². The molecule has 4 aromatic rings. The maximum Gasteiger partial charge on any atom is 0.303 e. The van der Waals surface area contributed by atoms with Crippen LogP contribution in [0.2, 0.25) is 5.02 Å². The number of amides is 2. The molecule has 0 atom stereocenters. The van der Waals surface area contributed by atoms with E-state index in [0.717, 1.165) is 84.8 Å². The lowest BCUT2D eigenvalue weighted by Crippen LogP contribution is -2.32. The highest BCUT2D eigenvalue weighted by Gasteiger charge is 2.27. The molecule has 0 aliphatic carbocycles. The van der Waals surface area contributed by atoms with Gasteiger partial charge in [0.2, 0.25) is 0 Å². The first-order valence-corrected chi connectivity index (χ1v) is 17.1. The molecule has 49 heavy (non-hydrogen) atoms. The molecule has 0 fully saturated rings. The molecule has 3 N–H and O–H groups in total. The molecule has 13 heteroatoms. The third-order valence-electron chi connectivity index (χ3n) is 9.67. The van der Waals surface area contributed by atoms with Crippen molar-refractivity contribution in [3.63, 3.8) is 0 Å². The van der Waals surface area contributed by atoms with Gasteiger partial charge in [-0.2, -0.15) is 0 Å². The van der Waals surface area contributed by atoms with E-state index in [9.17, 15) is 14.4 Å². The molecule has 0 saturated carbocycles. The highest BCUT2D eigenvalue weighted by molar-refractivity contribution is 6.36. The lowest BCUT2D eigenvalue weighted by Gasteiger charge is -2.26. The number of fused-ring (bicyclic) bond motifs is 2. The van der Waals surface area contributed by atoms with Crippen LogP contribution in [0, 0.1) is 6.92 Å². The van der Waals surface area contributed by atoms with E-state index in [1.807, 2.05) is 67.5 Å². The van der Waals surface area contributed by atoms with E-state index >= 15 is 0 Å². The van der Waals surface area contributed by atoms with Crippen molar-refractivity contribution in [3.8, 4) is 11.1 Å². The molecule has 0 saturated heterocycles. The van der Waals surface area contributed by atoms with Crippen molar-refractivity contribution in [2.45, 2.75) is 58.5 Å². The number of hydrogen-bond donors (Lipinski definition) is 3. The second-order valence-corrected chi connectivity index (χ2v) is 13.4. The van der Waals surface area contributed by atoms with Crippen LogP contribution >= 0.6 is 11.6 Å². The molecule has 0 bridgehead atoms. The summed E-state index contributed by atoms with van der Waals surface area (Å²) in [5.41, 5.74) is 7.45. The summed E-state index contributed by atoms with van der Waals surface area (Å²) in [5.74, 6) is -0.681. The molecular weight excluding hydrogens is 644 g/mol. The minimum absolute atomic E-state index is 0.204. The highest BCUT2D eigenvalue weighted by atomic mass is 35.5. The van der Waals surface area contributed by atoms with Gasteiger partial charge >= 0.3 is 5.97 Å². The van der Waals surface area contributed by atoms with Gasteiger partial charge in [-0.25, -0.2) is 9.97 Å². The number of unbranched alkanes of at least 4 members (excludes halogenated alkanes) is 2. The molecule has 2 aromatic heterocycles. The van der Waals surface area contributed by atoms with E-state index < -0.39 is 5.97 Å². The van der Waals surface area contributed by atoms with Crippen LogP contribution in [-0.2, 0) is 44.8 Å². The summed E-state index contributed by atoms with van der Waals surface area (Å²) in [6.45, 7) is 5.96. The first-order valence-electron chi connectivity index (χ1n) is 16.7. The summed E-state index contributed by atoms with van der Waals surface area (Å²) in [7, 11) is 5.80. The van der Waals surface area contributed by atoms with Crippen molar-refractivity contribution in [1.82, 2.24) is 28.9 Å². The summed E-state index contributed by atoms with van der Waals surface area (Å²) >= 11 is 6.93. The highest BCUT2D eigenvalue weighted by Crippen LogP contribution is 2.38. The van der Waals surface area contributed by atoms with E-state index in [2.05, 4.69) is 25.4 Å². The van der Waals surface area contributed by atoms with Gasteiger partial charge in [0, 0.05) is 82.2 Å². The number of carbonyl (C=O) groups is 3. The normalized spacial score (nSPS) is 14.7. The predicted octanol–water partition coefficient (Wildman–Crippen LogP) is 5.28. The van der Waals surface area contributed by atoms with Crippen LogP contribution < -0.4 is 10.6 Å². The standard InChI is InChI=1S/C36H43ClN8O4/c1-22-23(24-11-9-13-26(32(24)37)41-36(49)34-38-27-20-42(2)18-15-29(27)43(34)3)10-8-12-25(22)40-35(48)33-39-28-21-45(19-16-30(28)44(33)4)17-7-5-6-14-31(46)47/h8-13H,5-7,14-21H2,1-4H3,(H,40,48)(H,41,49)(H,46,47). The number of aliphatic carboxylic acids is 1. The zero-order valence-corrected chi connectivity index (χ0v) is 29.2. The van der Waals surface area contributed by atoms with Crippen LogP contribution in [0.15, 0.2) is 36.4 Å². The van der Waals surface area contributed by atoms with Crippen LogP contribution in [0.3, 0.4) is 0 Å². The Kier molecular flexibility index (Phi) is 10.2. The Bertz CT molecular complexity index is 1910. The number of nitrogens with zero attached hydrogens (tertiary/aromatic N) is 6. The maximum absolute atomic E-state index is 13.6. The number of aromatic nitrogens is 4. The van der Waals surface area contributed by atoms with Gasteiger partial charge in [-0.05, 0) is 56.6 Å². The molecule has 2 aromatic carbocycles. The van der Waals surface area contributed by atoms with Gasteiger partial charge < -0.3 is 29.8 Å². The number of hydrogen-bond acceptors (Lipinski definition) is 7. The van der Waals surface area contributed by atoms with E-state index in [4.69, 9.17) is 21.7 Å². The Morgan fingerprint density at radius 1 is 0.796 bits per heavy atom. The fourth-order valence-corrected chi connectivity index (χ4v) is 7.16. The average Bonchev–Trinajstić information content (AvgIpc) is 3.58. The zero-order valence-electron chi connectivity index (χ0n) is 28.5.